The van der Waals surface area contributed by atoms with Crippen LogP contribution in [-0.4, -0.2) is 106 Å². The molecule has 1 saturated heterocycles. The molecule has 2 bridgehead atoms. The number of aromatic nitrogens is 3. The van der Waals surface area contributed by atoms with E-state index in [4.69, 9.17) is 21.3 Å². The van der Waals surface area contributed by atoms with Crippen LogP contribution in [0.25, 0.3) is 11.1 Å². The molecule has 5 heterocycles. The fraction of sp³-hybridized carbons (Fsp3) is 0.519. The molecule has 4 atom stereocenters. The lowest BCUT2D eigenvalue weighted by atomic mass is 9.84. The number of primary amides is 1. The van der Waals surface area contributed by atoms with Gasteiger partial charge in [-0.05, 0) is 98.2 Å². The molecule has 3 aliphatic rings. The number of nitrogens with one attached hydrogen (secondary N) is 3. The Labute approximate surface area is 410 Å². The van der Waals surface area contributed by atoms with E-state index in [-0.39, 0.29) is 49.2 Å². The average molecular weight is 964 g/mol. The maximum Gasteiger partial charge on any atom is 0.254 e. The van der Waals surface area contributed by atoms with E-state index in [0.717, 1.165) is 79.3 Å². The third-order valence-electron chi connectivity index (χ3n) is 13.8. The number of likely N-dealkylation sites (N-methyl/N-ethyl adjacent to an activating group) is 1. The van der Waals surface area contributed by atoms with Gasteiger partial charge in [0.05, 0.1) is 43.2 Å². The summed E-state index contributed by atoms with van der Waals surface area (Å²) in [5, 5.41) is 13.7. The van der Waals surface area contributed by atoms with Crippen molar-refractivity contribution in [2.24, 2.45) is 11.1 Å². The third kappa shape index (κ3) is 12.1. The van der Waals surface area contributed by atoms with E-state index in [1.165, 1.54) is 17.0 Å². The molecule has 17 nitrogen and oxygen atoms in total. The van der Waals surface area contributed by atoms with Gasteiger partial charge >= 0.3 is 0 Å². The highest BCUT2D eigenvalue weighted by Crippen LogP contribution is 2.42. The monoisotopic (exact) mass is 964 g/mol. The number of benzene rings is 2. The molecule has 2 aromatic carbocycles. The van der Waals surface area contributed by atoms with Crippen molar-refractivity contribution in [1.29, 1.82) is 0 Å². The van der Waals surface area contributed by atoms with Gasteiger partial charge in [-0.3, -0.25) is 28.7 Å². The largest absolute Gasteiger partial charge is 0.494 e. The maximum absolute atomic E-state index is 14.7. The minimum absolute atomic E-state index is 0.0185. The van der Waals surface area contributed by atoms with E-state index in [1.807, 2.05) is 51.2 Å². The lowest BCUT2D eigenvalue weighted by molar-refractivity contribution is -0.146. The molecule has 5 amide bonds. The Morgan fingerprint density at radius 2 is 1.73 bits per heavy atom. The molecule has 4 aromatic rings. The fourth-order valence-electron chi connectivity index (χ4n) is 9.69. The zero-order valence-corrected chi connectivity index (χ0v) is 41.5. The Balaban J connectivity index is 0.842. The van der Waals surface area contributed by atoms with Crippen molar-refractivity contribution >= 4 is 41.0 Å². The summed E-state index contributed by atoms with van der Waals surface area (Å²) in [6.07, 6.45) is 11.5. The third-order valence-corrected chi connectivity index (χ3v) is 13.8. The Hall–Kier alpha value is -6.56. The van der Waals surface area contributed by atoms with Crippen LogP contribution in [-0.2, 0) is 45.2 Å². The van der Waals surface area contributed by atoms with Crippen LogP contribution in [0.15, 0.2) is 54.9 Å². The van der Waals surface area contributed by atoms with Crippen LogP contribution in [0.2, 0.25) is 0 Å². The molecule has 70 heavy (non-hydrogen) atoms. The summed E-state index contributed by atoms with van der Waals surface area (Å²) < 4.78 is 22.6. The predicted octanol–water partition coefficient (Wildman–Crippen LogP) is 5.40. The van der Waals surface area contributed by atoms with Crippen molar-refractivity contribution < 1.29 is 33.1 Å². The number of hydrogen-bond acceptors (Lipinski definition) is 11. The summed E-state index contributed by atoms with van der Waals surface area (Å²) in [5.74, 6) is -0.852. The van der Waals surface area contributed by atoms with Gasteiger partial charge in [0, 0.05) is 68.6 Å². The number of nitrogens with zero attached hydrogens (tertiary/aromatic N) is 6. The molecule has 0 unspecified atom stereocenters. The van der Waals surface area contributed by atoms with Crippen LogP contribution in [0.4, 0.5) is 15.9 Å². The number of rotatable bonds is 18. The van der Waals surface area contributed by atoms with Gasteiger partial charge in [-0.1, -0.05) is 52.5 Å². The zero-order chi connectivity index (χ0) is 50.3. The number of carbonyl (C=O) groups excluding carboxylic acids is 5. The lowest BCUT2D eigenvalue weighted by Crippen LogP contribution is -2.61. The Morgan fingerprint density at radius 1 is 0.971 bits per heavy atom. The van der Waals surface area contributed by atoms with Gasteiger partial charge in [-0.2, -0.15) is 5.10 Å². The smallest absolute Gasteiger partial charge is 0.254 e. The topological polar surface area (TPSA) is 223 Å². The Kier molecular flexibility index (Phi) is 16.5. The van der Waals surface area contributed by atoms with E-state index in [0.29, 0.717) is 61.1 Å². The first-order valence-corrected chi connectivity index (χ1v) is 24.7. The van der Waals surface area contributed by atoms with Crippen molar-refractivity contribution in [2.75, 3.05) is 44.4 Å². The standard InChI is InChI=1S/C52H70FN11O6/c1-32(56-5)49(67)59-46(52(2,3)4)51(69)64-29-35-24-37(18-16-33(35)25-44(64)48(55)66)70-23-12-10-8-7-9-11-15-45(65)57-20-22-62-30-40-34-26-43(47(54)58-28-34)63-21-13-14-42(63)39-27-36(53)17-19-38(39)50(68)61(6)31-41(40)60-62/h16-19,24,26-28,30,32,42,44,46,56H,7-15,20-23,25,29,31H2,1-6H3,(H2,54,58)(H2,55,66)(H,57,65)(H,59,67)/t32-,42+,44-,46+/m0/s1. The SMILES string of the molecule is CN[C@@H](C)C(=O)N[C@H](C(=O)N1Cc2cc(OCCCCCCCCC(=O)NCCn3cc4c(n3)CN(C)C(=O)c3ccc(F)cc3[C@H]3CCCN3c3cc-4cnc3N)ccc2C[C@H]1C(N)=O)C(C)(C)C. The van der Waals surface area contributed by atoms with Gasteiger partial charge in [0.1, 0.15) is 29.5 Å². The number of halogens is 1. The molecule has 2 aromatic heterocycles. The minimum Gasteiger partial charge on any atom is -0.494 e. The number of hydrogen-bond donors (Lipinski definition) is 5. The number of nitrogens with two attached hydrogens (primary N) is 2. The van der Waals surface area contributed by atoms with Crippen LogP contribution in [0.1, 0.15) is 124 Å². The van der Waals surface area contributed by atoms with Crippen LogP contribution in [0, 0.1) is 11.2 Å². The van der Waals surface area contributed by atoms with Gasteiger partial charge in [-0.15, -0.1) is 0 Å². The number of pyridine rings is 1. The van der Waals surface area contributed by atoms with E-state index in [9.17, 15) is 28.4 Å². The van der Waals surface area contributed by atoms with Crippen LogP contribution >= 0.6 is 0 Å². The summed E-state index contributed by atoms with van der Waals surface area (Å²) in [7, 11) is 3.40. The first-order valence-electron chi connectivity index (χ1n) is 24.7. The Morgan fingerprint density at radius 3 is 2.47 bits per heavy atom. The summed E-state index contributed by atoms with van der Waals surface area (Å²) in [6, 6.07) is 9.64. The number of carbonyl (C=O) groups is 5. The summed E-state index contributed by atoms with van der Waals surface area (Å²) in [5.41, 5.74) is 17.6. The number of unbranched alkanes of at least 4 members (excludes halogenated alkanes) is 5. The number of amides is 5. The molecular weight excluding hydrogens is 894 g/mol. The first-order chi connectivity index (χ1) is 33.4. The molecule has 376 valence electrons. The molecule has 0 spiro atoms. The van der Waals surface area contributed by atoms with Gasteiger partial charge in [0.2, 0.25) is 23.6 Å². The predicted molar refractivity (Wildman–Crippen MR) is 266 cm³/mol. The molecular formula is C52H70FN11O6. The van der Waals surface area contributed by atoms with Gasteiger partial charge in [-0.25, -0.2) is 9.37 Å². The quantitative estimate of drug-likeness (QED) is 0.0795. The van der Waals surface area contributed by atoms with E-state index < -0.39 is 35.3 Å². The lowest BCUT2D eigenvalue weighted by Gasteiger charge is -2.40. The molecule has 7 N–H and O–H groups in total. The highest BCUT2D eigenvalue weighted by atomic mass is 19.1. The van der Waals surface area contributed by atoms with E-state index in [1.54, 1.807) is 42.9 Å². The minimum atomic E-state index is -0.870. The second-order valence-corrected chi connectivity index (χ2v) is 20.0. The second kappa shape index (κ2) is 22.5. The molecule has 1 fully saturated rings. The molecule has 7 rings (SSSR count). The summed E-state index contributed by atoms with van der Waals surface area (Å²) >= 11 is 0. The van der Waals surface area contributed by atoms with E-state index >= 15 is 0 Å². The maximum atomic E-state index is 14.7. The molecule has 0 saturated carbocycles. The Bertz CT molecular complexity index is 2560. The highest BCUT2D eigenvalue weighted by molar-refractivity contribution is 5.96. The molecule has 3 aliphatic heterocycles. The van der Waals surface area contributed by atoms with Gasteiger partial charge < -0.3 is 46.9 Å². The number of nitrogen functional groups attached to an aromatic ring is 1. The van der Waals surface area contributed by atoms with E-state index in [2.05, 4.69) is 25.8 Å². The molecule has 0 radical (unpaired) electrons. The second-order valence-electron chi connectivity index (χ2n) is 20.0. The van der Waals surface area contributed by atoms with Crippen LogP contribution in [0.5, 0.6) is 5.75 Å². The van der Waals surface area contributed by atoms with Crippen molar-refractivity contribution in [3.05, 3.63) is 88.6 Å². The van der Waals surface area contributed by atoms with Crippen molar-refractivity contribution in [3.8, 4) is 16.9 Å². The normalized spacial score (nSPS) is 17.5. The molecule has 18 heteroatoms. The average Bonchev–Trinajstić information content (AvgIpc) is 3.98. The van der Waals surface area contributed by atoms with Crippen molar-refractivity contribution in [2.45, 2.75) is 136 Å². The van der Waals surface area contributed by atoms with Crippen LogP contribution < -0.4 is 37.1 Å². The van der Waals surface area contributed by atoms with Crippen molar-refractivity contribution in [1.82, 2.24) is 40.5 Å². The highest BCUT2D eigenvalue weighted by Gasteiger charge is 2.42. The number of fused-ring (bicyclic) bond motifs is 9. The van der Waals surface area contributed by atoms with Gasteiger partial charge in [0.15, 0.2) is 0 Å². The summed E-state index contributed by atoms with van der Waals surface area (Å²) in [6.45, 7) is 9.75. The number of ether oxygens (including phenoxy) is 1. The molecule has 0 aliphatic carbocycles. The zero-order valence-electron chi connectivity index (χ0n) is 41.5. The first kappa shape index (κ1) is 51.3. The van der Waals surface area contributed by atoms with Crippen LogP contribution in [0.3, 0.4) is 0 Å². The van der Waals surface area contributed by atoms with Crippen molar-refractivity contribution in [3.63, 3.8) is 0 Å². The summed E-state index contributed by atoms with van der Waals surface area (Å²) in [4.78, 5) is 76.0. The fourth-order valence-corrected chi connectivity index (χ4v) is 9.69. The van der Waals surface area contributed by atoms with Gasteiger partial charge in [0.25, 0.3) is 5.91 Å². The number of anilines is 2.